The van der Waals surface area contributed by atoms with Gasteiger partial charge in [-0.1, -0.05) is 71.1 Å². The lowest BCUT2D eigenvalue weighted by molar-refractivity contribution is -0.265. The Morgan fingerprint density at radius 3 is 2.21 bits per heavy atom. The highest BCUT2D eigenvalue weighted by molar-refractivity contribution is 6.39. The second-order valence-corrected chi connectivity index (χ2v) is 21.8. The SMILES string of the molecule is CO[C@H]1C[C@@H]2CC[C@@H](C)[C@@](O)(O2)C(=O)C(=O)N2CCCC[C@H]2C(=O)OC([C@H](C)C[C@@H]2CC[C@@H](OC(=O)C(C)(CO)CO)[C@H](OC)C2)CC(=O)[C@H](C)/C=C(\C)[C@@H](O)[C@@H](OC)C(=O)[C@H](C)C[C@@H](C)\C=C/C=C/C=C/1C. The van der Waals surface area contributed by atoms with Crippen LogP contribution < -0.4 is 0 Å². The second-order valence-electron chi connectivity index (χ2n) is 21.8. The summed E-state index contributed by atoms with van der Waals surface area (Å²) in [5, 5.41) is 43.1. The Balaban J connectivity index is 1.69. The van der Waals surface area contributed by atoms with E-state index in [4.69, 9.17) is 28.4 Å². The standard InChI is InChI=1S/C56H87NO16/c1-33-17-13-12-14-18-34(2)45(68-9)29-41-22-20-39(7)56(67,73-41)51(63)52(64)57-24-16-15-19-42(57)53(65)71-46(30-43(60)35(3)26-38(6)49(62)50(70-11)48(61)37(5)25-33)36(4)27-40-21-23-44(47(28-40)69-10)72-54(66)55(8,31-58)32-59/h12-14,17-18,26,33,35-37,39-42,44-47,49-50,58-59,62,67H,15-16,19-25,27-32H2,1-11H3/b14-12+,17-13-,34-18+,38-26+/t33-,35+,36+,37+,39+,40-,41-,42-,44+,45-,46?,47+,49+,50-,56+/m0/s1. The van der Waals surface area contributed by atoms with E-state index in [0.717, 1.165) is 10.5 Å². The van der Waals surface area contributed by atoms with Crippen molar-refractivity contribution in [3.63, 3.8) is 0 Å². The Hall–Kier alpha value is -3.94. The van der Waals surface area contributed by atoms with Crippen LogP contribution in [0.2, 0.25) is 0 Å². The van der Waals surface area contributed by atoms with E-state index in [9.17, 15) is 49.2 Å². The molecule has 412 valence electrons. The average Bonchev–Trinajstić information content (AvgIpc) is 3.37. The third-order valence-corrected chi connectivity index (χ3v) is 15.9. The van der Waals surface area contributed by atoms with E-state index >= 15 is 0 Å². The first-order valence-corrected chi connectivity index (χ1v) is 26.4. The molecule has 0 aromatic rings. The van der Waals surface area contributed by atoms with Crippen LogP contribution in [0.25, 0.3) is 0 Å². The highest BCUT2D eigenvalue weighted by Gasteiger charge is 2.53. The van der Waals surface area contributed by atoms with E-state index in [1.807, 2.05) is 51.2 Å². The first kappa shape index (κ1) is 61.6. The van der Waals surface area contributed by atoms with Crippen LogP contribution in [0.5, 0.6) is 0 Å². The monoisotopic (exact) mass is 1030 g/mol. The maximum Gasteiger partial charge on any atom is 0.329 e. The number of aliphatic hydroxyl groups excluding tert-OH is 3. The number of hydrogen-bond acceptors (Lipinski definition) is 16. The van der Waals surface area contributed by atoms with Crippen LogP contribution in [0, 0.1) is 40.9 Å². The van der Waals surface area contributed by atoms with Crippen LogP contribution in [-0.2, 0) is 57.2 Å². The molecule has 1 aliphatic carbocycles. The van der Waals surface area contributed by atoms with Gasteiger partial charge in [-0.25, -0.2) is 4.79 Å². The fourth-order valence-electron chi connectivity index (χ4n) is 10.7. The van der Waals surface area contributed by atoms with Crippen molar-refractivity contribution in [3.8, 4) is 0 Å². The number of Topliss-reactive ketones (excluding diaryl/α,β-unsaturated/α-hetero) is 3. The minimum Gasteiger partial charge on any atom is -0.460 e. The van der Waals surface area contributed by atoms with Gasteiger partial charge in [-0.15, -0.1) is 0 Å². The first-order chi connectivity index (χ1) is 34.5. The van der Waals surface area contributed by atoms with Gasteiger partial charge in [0, 0.05) is 58.5 Å². The number of nitrogens with zero attached hydrogens (tertiary/aromatic N) is 1. The van der Waals surface area contributed by atoms with Crippen molar-refractivity contribution in [3.05, 3.63) is 47.6 Å². The van der Waals surface area contributed by atoms with Gasteiger partial charge in [-0.3, -0.25) is 24.0 Å². The highest BCUT2D eigenvalue weighted by Crippen LogP contribution is 2.38. The lowest BCUT2D eigenvalue weighted by Gasteiger charge is -2.42. The van der Waals surface area contributed by atoms with Crippen molar-refractivity contribution in [1.82, 2.24) is 4.90 Å². The Morgan fingerprint density at radius 1 is 0.863 bits per heavy atom. The number of allylic oxidation sites excluding steroid dienone is 6. The molecule has 4 N–H and O–H groups in total. The summed E-state index contributed by atoms with van der Waals surface area (Å²) in [7, 11) is 4.43. The summed E-state index contributed by atoms with van der Waals surface area (Å²) in [5.41, 5.74) is -0.277. The number of fused-ring (bicyclic) bond motifs is 3. The number of ether oxygens (including phenoxy) is 6. The fraction of sp³-hybridized carbons (Fsp3) is 0.750. The number of piperidine rings is 1. The van der Waals surface area contributed by atoms with Crippen LogP contribution in [0.4, 0.5) is 0 Å². The van der Waals surface area contributed by atoms with Crippen molar-refractivity contribution in [2.75, 3.05) is 41.1 Å². The van der Waals surface area contributed by atoms with Gasteiger partial charge < -0.3 is 53.7 Å². The summed E-state index contributed by atoms with van der Waals surface area (Å²) in [6.07, 6.45) is 9.76. The molecule has 3 aliphatic heterocycles. The number of carbonyl (C=O) groups excluding carboxylic acids is 6. The largest absolute Gasteiger partial charge is 0.460 e. The van der Waals surface area contributed by atoms with Gasteiger partial charge in [0.1, 0.15) is 41.7 Å². The van der Waals surface area contributed by atoms with Crippen LogP contribution in [-0.4, -0.2) is 156 Å². The molecule has 2 saturated heterocycles. The van der Waals surface area contributed by atoms with Crippen LogP contribution in [0.3, 0.4) is 0 Å². The number of ketones is 3. The molecule has 1 saturated carbocycles. The highest BCUT2D eigenvalue weighted by atomic mass is 16.6. The van der Waals surface area contributed by atoms with Gasteiger partial charge in [-0.2, -0.15) is 0 Å². The molecule has 4 aliphatic rings. The normalized spacial score (nSPS) is 37.4. The van der Waals surface area contributed by atoms with E-state index in [1.54, 1.807) is 40.9 Å². The van der Waals surface area contributed by atoms with Gasteiger partial charge in [0.25, 0.3) is 11.7 Å². The molecule has 0 spiro atoms. The smallest absolute Gasteiger partial charge is 0.329 e. The van der Waals surface area contributed by atoms with Crippen molar-refractivity contribution in [2.24, 2.45) is 40.9 Å². The number of carbonyl (C=O) groups is 6. The number of methoxy groups -OCH3 is 3. The van der Waals surface area contributed by atoms with Crippen molar-refractivity contribution in [1.29, 1.82) is 0 Å². The zero-order valence-corrected chi connectivity index (χ0v) is 45.3. The van der Waals surface area contributed by atoms with Gasteiger partial charge in [-0.05, 0) is 114 Å². The molecule has 1 amide bonds. The molecular weight excluding hydrogens is 943 g/mol. The third-order valence-electron chi connectivity index (χ3n) is 15.9. The third kappa shape index (κ3) is 16.0. The lowest BCUT2D eigenvalue weighted by Crippen LogP contribution is -2.61. The predicted octanol–water partition coefficient (Wildman–Crippen LogP) is 5.72. The quantitative estimate of drug-likeness (QED) is 0.116. The molecule has 2 bridgehead atoms. The molecule has 0 radical (unpaired) electrons. The predicted molar refractivity (Wildman–Crippen MR) is 271 cm³/mol. The fourth-order valence-corrected chi connectivity index (χ4v) is 10.7. The minimum absolute atomic E-state index is 0.00697. The van der Waals surface area contributed by atoms with Gasteiger partial charge in [0.05, 0.1) is 31.5 Å². The average molecular weight is 1030 g/mol. The van der Waals surface area contributed by atoms with E-state index in [2.05, 4.69) is 0 Å². The number of esters is 2. The molecule has 17 heteroatoms. The molecule has 17 nitrogen and oxygen atoms in total. The van der Waals surface area contributed by atoms with Gasteiger partial charge in [0.15, 0.2) is 5.78 Å². The zero-order chi connectivity index (χ0) is 54.4. The zero-order valence-electron chi connectivity index (χ0n) is 45.3. The lowest BCUT2D eigenvalue weighted by atomic mass is 9.78. The number of amides is 1. The van der Waals surface area contributed by atoms with Crippen LogP contribution in [0.15, 0.2) is 47.6 Å². The van der Waals surface area contributed by atoms with E-state index in [1.165, 1.54) is 21.1 Å². The molecule has 3 heterocycles. The Morgan fingerprint density at radius 2 is 1.56 bits per heavy atom. The maximum atomic E-state index is 14.5. The van der Waals surface area contributed by atoms with Crippen LogP contribution in [0.1, 0.15) is 132 Å². The molecule has 0 aromatic heterocycles. The summed E-state index contributed by atoms with van der Waals surface area (Å²) in [6, 6.07) is -1.20. The number of cyclic esters (lactones) is 1. The maximum absolute atomic E-state index is 14.5. The molecule has 15 atom stereocenters. The summed E-state index contributed by atoms with van der Waals surface area (Å²) >= 11 is 0. The Bertz CT molecular complexity index is 2010. The summed E-state index contributed by atoms with van der Waals surface area (Å²) in [4.78, 5) is 85.4. The van der Waals surface area contributed by atoms with Gasteiger partial charge in [0.2, 0.25) is 5.79 Å². The molecule has 4 rings (SSSR count). The summed E-state index contributed by atoms with van der Waals surface area (Å²) in [6.45, 7) is 12.7. The molecule has 1 unspecified atom stereocenters. The molecule has 73 heavy (non-hydrogen) atoms. The Kier molecular flexibility index (Phi) is 23.9. The second kappa shape index (κ2) is 28.3. The van der Waals surface area contributed by atoms with E-state index < -0.39 is 120 Å². The van der Waals surface area contributed by atoms with E-state index in [0.29, 0.717) is 69.8 Å². The molecular formula is C56H87NO16. The van der Waals surface area contributed by atoms with E-state index in [-0.39, 0.29) is 42.8 Å². The summed E-state index contributed by atoms with van der Waals surface area (Å²) < 4.78 is 35.4. The van der Waals surface area contributed by atoms with Gasteiger partial charge >= 0.3 is 11.9 Å². The van der Waals surface area contributed by atoms with Crippen molar-refractivity contribution >= 4 is 35.2 Å². The summed E-state index contributed by atoms with van der Waals surface area (Å²) in [5.74, 6) is -9.36. The number of hydrogen-bond donors (Lipinski definition) is 4. The van der Waals surface area contributed by atoms with Crippen molar-refractivity contribution < 1.29 is 77.6 Å². The van der Waals surface area contributed by atoms with Crippen LogP contribution >= 0.6 is 0 Å². The topological polar surface area (TPSA) is 242 Å². The molecule has 3 fully saturated rings. The molecule has 0 aromatic carbocycles. The minimum atomic E-state index is -2.47. The number of rotatable bonds is 10. The first-order valence-electron chi connectivity index (χ1n) is 26.4. The van der Waals surface area contributed by atoms with Crippen molar-refractivity contribution in [2.45, 2.75) is 187 Å². The number of aliphatic hydroxyl groups is 4. The Labute approximate surface area is 433 Å².